The lowest BCUT2D eigenvalue weighted by molar-refractivity contribution is 1.01. The lowest BCUT2D eigenvalue weighted by atomic mass is 10.2. The first-order chi connectivity index (χ1) is 6.83. The van der Waals surface area contributed by atoms with Crippen molar-refractivity contribution >= 4 is 15.9 Å². The van der Waals surface area contributed by atoms with Gasteiger partial charge in [-0.1, -0.05) is 39.0 Å². The Hall–Kier alpha value is -1.43. The maximum Gasteiger partial charge on any atom is 0.0367 e. The van der Waals surface area contributed by atoms with Gasteiger partial charge in [0.25, 0.3) is 0 Å². The van der Waals surface area contributed by atoms with E-state index < -0.39 is 0 Å². The van der Waals surface area contributed by atoms with E-state index in [1.165, 1.54) is 0 Å². The number of azide groups is 1. The molecule has 1 aromatic rings. The summed E-state index contributed by atoms with van der Waals surface area (Å²) in [5.74, 6) is 5.91. The van der Waals surface area contributed by atoms with Crippen LogP contribution in [0.15, 0.2) is 33.9 Å². The highest BCUT2D eigenvalue weighted by Crippen LogP contribution is 2.10. The van der Waals surface area contributed by atoms with Crippen LogP contribution in [0, 0.1) is 11.8 Å². The predicted molar refractivity (Wildman–Crippen MR) is 59.7 cm³/mol. The summed E-state index contributed by atoms with van der Waals surface area (Å²) in [6.45, 7) is 0.428. The van der Waals surface area contributed by atoms with Gasteiger partial charge in [-0.15, -0.1) is 0 Å². The van der Waals surface area contributed by atoms with Crippen LogP contribution in [0.1, 0.15) is 12.0 Å². The second-order valence-electron chi connectivity index (χ2n) is 2.52. The van der Waals surface area contributed by atoms with Crippen molar-refractivity contribution in [2.45, 2.75) is 6.42 Å². The molecule has 0 saturated carbocycles. The van der Waals surface area contributed by atoms with Gasteiger partial charge in [-0.05, 0) is 23.7 Å². The minimum Gasteiger partial charge on any atom is -0.0978 e. The van der Waals surface area contributed by atoms with Crippen molar-refractivity contribution in [2.24, 2.45) is 5.11 Å². The van der Waals surface area contributed by atoms with Crippen LogP contribution in [0.25, 0.3) is 10.4 Å². The van der Waals surface area contributed by atoms with Gasteiger partial charge < -0.3 is 0 Å². The minimum absolute atomic E-state index is 0.428. The summed E-state index contributed by atoms with van der Waals surface area (Å²) in [5, 5.41) is 3.39. The molecular formula is C10H8BrN3. The number of benzene rings is 1. The molecule has 0 aromatic heterocycles. The van der Waals surface area contributed by atoms with Gasteiger partial charge >= 0.3 is 0 Å². The summed E-state index contributed by atoms with van der Waals surface area (Å²) in [6, 6.07) is 7.76. The third-order valence-corrected chi connectivity index (χ3v) is 1.95. The fraction of sp³-hybridized carbons (Fsp3) is 0.200. The number of hydrogen-bond donors (Lipinski definition) is 0. The van der Waals surface area contributed by atoms with Crippen LogP contribution in [-0.4, -0.2) is 6.54 Å². The van der Waals surface area contributed by atoms with Crippen molar-refractivity contribution in [2.75, 3.05) is 6.54 Å². The second-order valence-corrected chi connectivity index (χ2v) is 3.43. The van der Waals surface area contributed by atoms with E-state index in [0.717, 1.165) is 10.0 Å². The van der Waals surface area contributed by atoms with Gasteiger partial charge in [0.15, 0.2) is 0 Å². The Kier molecular flexibility index (Phi) is 4.63. The van der Waals surface area contributed by atoms with E-state index in [0.29, 0.717) is 13.0 Å². The first kappa shape index (κ1) is 10.6. The molecule has 4 heteroatoms. The third-order valence-electron chi connectivity index (χ3n) is 1.46. The van der Waals surface area contributed by atoms with Gasteiger partial charge in [-0.25, -0.2) is 0 Å². The fourth-order valence-corrected chi connectivity index (χ4v) is 1.28. The second kappa shape index (κ2) is 6.09. The average molecular weight is 250 g/mol. The van der Waals surface area contributed by atoms with Gasteiger partial charge in [-0.2, -0.15) is 0 Å². The van der Waals surface area contributed by atoms with E-state index in [1.807, 2.05) is 24.3 Å². The topological polar surface area (TPSA) is 48.8 Å². The van der Waals surface area contributed by atoms with Crippen LogP contribution in [0.5, 0.6) is 0 Å². The average Bonchev–Trinajstić information content (AvgIpc) is 2.18. The predicted octanol–water partition coefficient (Wildman–Crippen LogP) is 3.50. The van der Waals surface area contributed by atoms with Crippen LogP contribution in [0.4, 0.5) is 0 Å². The Morgan fingerprint density at radius 3 is 3.07 bits per heavy atom. The SMILES string of the molecule is [N-]=[N+]=NCCC#Cc1cccc(Br)c1. The summed E-state index contributed by atoms with van der Waals surface area (Å²) < 4.78 is 1.01. The molecule has 0 aliphatic rings. The summed E-state index contributed by atoms with van der Waals surface area (Å²) in [4.78, 5) is 2.64. The third kappa shape index (κ3) is 3.99. The van der Waals surface area contributed by atoms with Gasteiger partial charge in [0.1, 0.15) is 0 Å². The van der Waals surface area contributed by atoms with Gasteiger partial charge in [-0.3, -0.25) is 0 Å². The molecule has 0 spiro atoms. The molecule has 0 fully saturated rings. The highest BCUT2D eigenvalue weighted by molar-refractivity contribution is 9.10. The number of halogens is 1. The highest BCUT2D eigenvalue weighted by atomic mass is 79.9. The summed E-state index contributed by atoms with van der Waals surface area (Å²) in [5.41, 5.74) is 8.98. The number of hydrogen-bond acceptors (Lipinski definition) is 1. The van der Waals surface area contributed by atoms with Crippen LogP contribution < -0.4 is 0 Å². The minimum atomic E-state index is 0.428. The van der Waals surface area contributed by atoms with Gasteiger partial charge in [0.2, 0.25) is 0 Å². The molecule has 1 aromatic carbocycles. The van der Waals surface area contributed by atoms with E-state index in [-0.39, 0.29) is 0 Å². The largest absolute Gasteiger partial charge is 0.0978 e. The molecule has 0 saturated heterocycles. The Morgan fingerprint density at radius 2 is 2.36 bits per heavy atom. The molecule has 0 bridgehead atoms. The molecule has 0 atom stereocenters. The maximum atomic E-state index is 8.02. The Morgan fingerprint density at radius 1 is 1.50 bits per heavy atom. The Labute approximate surface area is 90.9 Å². The van der Waals surface area contributed by atoms with Crippen molar-refractivity contribution in [1.29, 1.82) is 0 Å². The molecule has 0 radical (unpaired) electrons. The quantitative estimate of drug-likeness (QED) is 0.253. The van der Waals surface area contributed by atoms with E-state index in [4.69, 9.17) is 5.53 Å². The molecule has 0 aliphatic carbocycles. The lowest BCUT2D eigenvalue weighted by Crippen LogP contribution is -1.76. The van der Waals surface area contributed by atoms with E-state index >= 15 is 0 Å². The molecule has 0 heterocycles. The van der Waals surface area contributed by atoms with Crippen LogP contribution in [0.2, 0.25) is 0 Å². The monoisotopic (exact) mass is 249 g/mol. The van der Waals surface area contributed by atoms with Crippen molar-refractivity contribution in [1.82, 2.24) is 0 Å². The van der Waals surface area contributed by atoms with E-state index in [1.54, 1.807) is 0 Å². The molecule has 70 valence electrons. The van der Waals surface area contributed by atoms with Gasteiger partial charge in [0, 0.05) is 27.9 Å². The standard InChI is InChI=1S/C10H8BrN3/c11-10-6-3-5-9(8-10)4-1-2-7-13-14-12/h3,5-6,8H,2,7H2. The highest BCUT2D eigenvalue weighted by Gasteiger charge is 1.87. The zero-order valence-corrected chi connectivity index (χ0v) is 9.03. The van der Waals surface area contributed by atoms with Crippen LogP contribution >= 0.6 is 15.9 Å². The normalized spacial score (nSPS) is 8.36. The molecule has 1 rings (SSSR count). The molecule has 0 aliphatic heterocycles. The summed E-state index contributed by atoms with van der Waals surface area (Å²) in [6.07, 6.45) is 0.594. The lowest BCUT2D eigenvalue weighted by Gasteiger charge is -1.90. The van der Waals surface area contributed by atoms with Crippen LogP contribution in [0.3, 0.4) is 0 Å². The molecule has 3 nitrogen and oxygen atoms in total. The van der Waals surface area contributed by atoms with Crippen molar-refractivity contribution in [3.8, 4) is 11.8 Å². The summed E-state index contributed by atoms with van der Waals surface area (Å²) in [7, 11) is 0. The molecule has 14 heavy (non-hydrogen) atoms. The fourth-order valence-electron chi connectivity index (χ4n) is 0.881. The Balaban J connectivity index is 2.54. The number of rotatable bonds is 2. The summed E-state index contributed by atoms with van der Waals surface area (Å²) >= 11 is 3.36. The first-order valence-corrected chi connectivity index (χ1v) is 4.87. The van der Waals surface area contributed by atoms with Crippen LogP contribution in [-0.2, 0) is 0 Å². The van der Waals surface area contributed by atoms with E-state index in [2.05, 4.69) is 37.8 Å². The molecule has 0 unspecified atom stereocenters. The smallest absolute Gasteiger partial charge is 0.0367 e. The van der Waals surface area contributed by atoms with Gasteiger partial charge in [0.05, 0.1) is 0 Å². The zero-order chi connectivity index (χ0) is 10.2. The zero-order valence-electron chi connectivity index (χ0n) is 7.44. The first-order valence-electron chi connectivity index (χ1n) is 4.08. The van der Waals surface area contributed by atoms with Crippen molar-refractivity contribution < 1.29 is 0 Å². The van der Waals surface area contributed by atoms with Crippen molar-refractivity contribution in [3.05, 3.63) is 44.7 Å². The van der Waals surface area contributed by atoms with Crippen molar-refractivity contribution in [3.63, 3.8) is 0 Å². The maximum absolute atomic E-state index is 8.02. The number of nitrogens with zero attached hydrogens (tertiary/aromatic N) is 3. The molecule has 0 N–H and O–H groups in total. The Bertz CT molecular complexity index is 411. The molecule has 0 amide bonds. The van der Waals surface area contributed by atoms with E-state index in [9.17, 15) is 0 Å². The molecular weight excluding hydrogens is 242 g/mol.